The molecule has 7 heteroatoms. The van der Waals surface area contributed by atoms with Gasteiger partial charge in [0.15, 0.2) is 5.60 Å². The lowest BCUT2D eigenvalue weighted by Crippen LogP contribution is -2.59. The van der Waals surface area contributed by atoms with Crippen molar-refractivity contribution in [2.75, 3.05) is 26.7 Å². The lowest BCUT2D eigenvalue weighted by molar-refractivity contribution is 0.0472. The van der Waals surface area contributed by atoms with E-state index in [4.69, 9.17) is 4.74 Å². The molecule has 2 aliphatic rings. The number of nitrogens with zero attached hydrogens (tertiary/aromatic N) is 3. The Bertz CT molecular complexity index is 1130. The summed E-state index contributed by atoms with van der Waals surface area (Å²) in [6, 6.07) is 25.0. The summed E-state index contributed by atoms with van der Waals surface area (Å²) < 4.78 is 19.4. The van der Waals surface area contributed by atoms with Gasteiger partial charge in [0.1, 0.15) is 11.9 Å². The minimum atomic E-state index is -1.02. The number of urea groups is 1. The number of carbonyl (C=O) groups excluding carboxylic acids is 2. The van der Waals surface area contributed by atoms with Crippen LogP contribution in [-0.2, 0) is 16.9 Å². The van der Waals surface area contributed by atoms with Crippen molar-refractivity contribution in [1.82, 2.24) is 14.7 Å². The second kappa shape index (κ2) is 8.82. The summed E-state index contributed by atoms with van der Waals surface area (Å²) in [5, 5.41) is 0. The molecule has 5 rings (SSSR count). The second-order valence-electron chi connectivity index (χ2n) is 8.76. The van der Waals surface area contributed by atoms with E-state index in [2.05, 4.69) is 0 Å². The Morgan fingerprint density at radius 3 is 2.15 bits per heavy atom. The Morgan fingerprint density at radius 1 is 0.971 bits per heavy atom. The molecule has 34 heavy (non-hydrogen) atoms. The molecule has 3 aromatic carbocycles. The molecule has 1 atom stereocenters. The van der Waals surface area contributed by atoms with Gasteiger partial charge >= 0.3 is 12.1 Å². The zero-order valence-electron chi connectivity index (χ0n) is 18.9. The molecule has 6 nitrogen and oxygen atoms in total. The molecular weight excluding hydrogens is 433 g/mol. The van der Waals surface area contributed by atoms with E-state index in [1.54, 1.807) is 33.9 Å². The number of ether oxygens (including phenoxy) is 1. The summed E-state index contributed by atoms with van der Waals surface area (Å²) in [6.07, 6.45) is -0.371. The molecule has 0 aliphatic carbocycles. The third-order valence-corrected chi connectivity index (χ3v) is 6.67. The first-order valence-electron chi connectivity index (χ1n) is 11.3. The Balaban J connectivity index is 1.45. The van der Waals surface area contributed by atoms with Crippen molar-refractivity contribution < 1.29 is 18.7 Å². The molecule has 0 aromatic heterocycles. The summed E-state index contributed by atoms with van der Waals surface area (Å²) in [6.45, 7) is 1.50. The number of hydrogen-bond acceptors (Lipinski definition) is 3. The molecule has 2 aliphatic heterocycles. The standard InChI is InChI=1S/C27H26FN3O3/c1-29(18-20-12-14-23(28)15-13-20)25(32)30-16-17-31-24(19-30)27(34-26(31)33,21-8-4-2-5-9-21)22-10-6-3-7-11-22/h2-15,24H,16-19H2,1H3. The van der Waals surface area contributed by atoms with Gasteiger partial charge in [-0.05, 0) is 17.7 Å². The van der Waals surface area contributed by atoms with Crippen LogP contribution in [0.3, 0.4) is 0 Å². The van der Waals surface area contributed by atoms with Crippen LogP contribution >= 0.6 is 0 Å². The van der Waals surface area contributed by atoms with E-state index in [0.717, 1.165) is 16.7 Å². The fourth-order valence-electron chi connectivity index (χ4n) is 5.00. The van der Waals surface area contributed by atoms with E-state index in [-0.39, 0.29) is 24.0 Å². The van der Waals surface area contributed by atoms with Gasteiger partial charge in [0.05, 0.1) is 0 Å². The predicted molar refractivity (Wildman–Crippen MR) is 125 cm³/mol. The van der Waals surface area contributed by atoms with Gasteiger partial charge in [-0.25, -0.2) is 14.0 Å². The van der Waals surface area contributed by atoms with E-state index in [1.165, 1.54) is 12.1 Å². The molecule has 2 heterocycles. The van der Waals surface area contributed by atoms with Crippen LogP contribution in [0.5, 0.6) is 0 Å². The van der Waals surface area contributed by atoms with Crippen LogP contribution in [0, 0.1) is 5.82 Å². The first kappa shape index (κ1) is 21.9. The lowest BCUT2D eigenvalue weighted by Gasteiger charge is -2.43. The third-order valence-electron chi connectivity index (χ3n) is 6.67. The normalized spacial score (nSPS) is 18.9. The number of fused-ring (bicyclic) bond motifs is 1. The fourth-order valence-corrected chi connectivity index (χ4v) is 5.00. The molecule has 2 saturated heterocycles. The van der Waals surface area contributed by atoms with Gasteiger partial charge in [0.25, 0.3) is 0 Å². The number of halogens is 1. The van der Waals surface area contributed by atoms with Crippen LogP contribution < -0.4 is 0 Å². The topological polar surface area (TPSA) is 53.1 Å². The van der Waals surface area contributed by atoms with E-state index in [1.807, 2.05) is 60.7 Å². The van der Waals surface area contributed by atoms with Gasteiger partial charge in [0, 0.05) is 44.4 Å². The largest absolute Gasteiger partial charge is 0.431 e. The number of rotatable bonds is 4. The van der Waals surface area contributed by atoms with Gasteiger partial charge in [-0.2, -0.15) is 0 Å². The average molecular weight is 460 g/mol. The number of benzene rings is 3. The van der Waals surface area contributed by atoms with Crippen LogP contribution in [-0.4, -0.2) is 59.5 Å². The summed E-state index contributed by atoms with van der Waals surface area (Å²) in [7, 11) is 1.73. The summed E-state index contributed by atoms with van der Waals surface area (Å²) in [4.78, 5) is 31.5. The Kier molecular flexibility index (Phi) is 5.69. The average Bonchev–Trinajstić information content (AvgIpc) is 3.18. The maximum atomic E-state index is 13.4. The molecule has 0 spiro atoms. The SMILES string of the molecule is CN(Cc1ccc(F)cc1)C(=O)N1CCN2C(=O)OC(c3ccccc3)(c3ccccc3)C2C1. The van der Waals surface area contributed by atoms with Crippen LogP contribution in [0.15, 0.2) is 84.9 Å². The molecule has 0 radical (unpaired) electrons. The van der Waals surface area contributed by atoms with Gasteiger partial charge < -0.3 is 14.5 Å². The monoisotopic (exact) mass is 459 g/mol. The van der Waals surface area contributed by atoms with E-state index in [9.17, 15) is 14.0 Å². The summed E-state index contributed by atoms with van der Waals surface area (Å²) >= 11 is 0. The highest BCUT2D eigenvalue weighted by Crippen LogP contribution is 2.45. The van der Waals surface area contributed by atoms with Crippen LogP contribution in [0.2, 0.25) is 0 Å². The Hall–Kier alpha value is -3.87. The maximum Gasteiger partial charge on any atom is 0.411 e. The molecule has 3 aromatic rings. The maximum absolute atomic E-state index is 13.4. The quantitative estimate of drug-likeness (QED) is 0.579. The first-order chi connectivity index (χ1) is 16.5. The van der Waals surface area contributed by atoms with Crippen LogP contribution in [0.25, 0.3) is 0 Å². The van der Waals surface area contributed by atoms with Crippen molar-refractivity contribution >= 4 is 12.1 Å². The van der Waals surface area contributed by atoms with E-state index < -0.39 is 5.60 Å². The van der Waals surface area contributed by atoms with Crippen molar-refractivity contribution in [3.63, 3.8) is 0 Å². The van der Waals surface area contributed by atoms with Gasteiger partial charge in [-0.3, -0.25) is 4.90 Å². The number of amides is 3. The van der Waals surface area contributed by atoms with Gasteiger partial charge in [-0.15, -0.1) is 0 Å². The van der Waals surface area contributed by atoms with Crippen molar-refractivity contribution in [2.24, 2.45) is 0 Å². The number of carbonyl (C=O) groups is 2. The highest BCUT2D eigenvalue weighted by molar-refractivity contribution is 5.77. The summed E-state index contributed by atoms with van der Waals surface area (Å²) in [5.74, 6) is -0.307. The molecular formula is C27H26FN3O3. The Labute approximate surface area is 198 Å². The molecule has 0 saturated carbocycles. The zero-order chi connectivity index (χ0) is 23.7. The molecule has 0 N–H and O–H groups in total. The number of piperazine rings is 1. The molecule has 2 fully saturated rings. The number of hydrogen-bond donors (Lipinski definition) is 0. The zero-order valence-corrected chi connectivity index (χ0v) is 18.9. The van der Waals surface area contributed by atoms with Crippen molar-refractivity contribution in [3.05, 3.63) is 107 Å². The predicted octanol–water partition coefficient (Wildman–Crippen LogP) is 4.46. The van der Waals surface area contributed by atoms with E-state index >= 15 is 0 Å². The molecule has 174 valence electrons. The number of cyclic esters (lactones) is 1. The minimum absolute atomic E-state index is 0.140. The van der Waals surface area contributed by atoms with E-state index in [0.29, 0.717) is 26.2 Å². The Morgan fingerprint density at radius 2 is 1.56 bits per heavy atom. The second-order valence-corrected chi connectivity index (χ2v) is 8.76. The van der Waals surface area contributed by atoms with Crippen molar-refractivity contribution in [1.29, 1.82) is 0 Å². The van der Waals surface area contributed by atoms with Crippen molar-refractivity contribution in [3.8, 4) is 0 Å². The highest BCUT2D eigenvalue weighted by atomic mass is 19.1. The first-order valence-corrected chi connectivity index (χ1v) is 11.3. The van der Waals surface area contributed by atoms with Gasteiger partial charge in [-0.1, -0.05) is 72.8 Å². The molecule has 3 amide bonds. The molecule has 1 unspecified atom stereocenters. The summed E-state index contributed by atoms with van der Waals surface area (Å²) in [5.41, 5.74) is 1.57. The highest BCUT2D eigenvalue weighted by Gasteiger charge is 2.58. The third kappa shape index (κ3) is 3.77. The minimum Gasteiger partial charge on any atom is -0.431 e. The van der Waals surface area contributed by atoms with Crippen LogP contribution in [0.4, 0.5) is 14.0 Å². The van der Waals surface area contributed by atoms with Gasteiger partial charge in [0.2, 0.25) is 0 Å². The smallest absolute Gasteiger partial charge is 0.411 e. The lowest BCUT2D eigenvalue weighted by atomic mass is 9.79. The van der Waals surface area contributed by atoms with Crippen LogP contribution in [0.1, 0.15) is 16.7 Å². The fraction of sp³-hybridized carbons (Fsp3) is 0.259. The molecule has 0 bridgehead atoms. The van der Waals surface area contributed by atoms with Crippen molar-refractivity contribution in [2.45, 2.75) is 18.2 Å².